The van der Waals surface area contributed by atoms with Gasteiger partial charge in [-0.05, 0) is 18.2 Å². The summed E-state index contributed by atoms with van der Waals surface area (Å²) in [5.74, 6) is 0. The van der Waals surface area contributed by atoms with Gasteiger partial charge in [0.15, 0.2) is 0 Å². The Labute approximate surface area is 93.1 Å². The van der Waals surface area contributed by atoms with Crippen LogP contribution < -0.4 is 5.32 Å². The molecule has 4 heteroatoms. The van der Waals surface area contributed by atoms with E-state index in [-0.39, 0.29) is 0 Å². The molecule has 0 saturated carbocycles. The largest absolute Gasteiger partial charge is 0.378 e. The number of anilines is 1. The van der Waals surface area contributed by atoms with Gasteiger partial charge in [0.05, 0.1) is 22.9 Å². The predicted molar refractivity (Wildman–Crippen MR) is 60.8 cm³/mol. The molecule has 0 aromatic carbocycles. The van der Waals surface area contributed by atoms with Crippen LogP contribution >= 0.6 is 11.6 Å². The second kappa shape index (κ2) is 4.75. The van der Waals surface area contributed by atoms with E-state index in [1.54, 1.807) is 18.6 Å². The molecule has 0 atom stereocenters. The first-order chi connectivity index (χ1) is 7.36. The van der Waals surface area contributed by atoms with Gasteiger partial charge in [0, 0.05) is 18.6 Å². The smallest absolute Gasteiger partial charge is 0.0820 e. The van der Waals surface area contributed by atoms with Crippen molar-refractivity contribution >= 4 is 17.3 Å². The highest BCUT2D eigenvalue weighted by atomic mass is 35.5. The monoisotopic (exact) mass is 219 g/mol. The number of nitrogens with one attached hydrogen (secondary N) is 1. The van der Waals surface area contributed by atoms with Crippen molar-refractivity contribution in [1.82, 2.24) is 9.97 Å². The molecule has 0 spiro atoms. The summed E-state index contributed by atoms with van der Waals surface area (Å²) in [6.07, 6.45) is 5.08. The number of nitrogens with zero attached hydrogens (tertiary/aromatic N) is 2. The number of halogens is 1. The number of hydrogen-bond donors (Lipinski definition) is 1. The van der Waals surface area contributed by atoms with Crippen LogP contribution in [0.4, 0.5) is 5.69 Å². The van der Waals surface area contributed by atoms with Gasteiger partial charge in [-0.1, -0.05) is 17.7 Å². The first kappa shape index (κ1) is 9.93. The third kappa shape index (κ3) is 2.67. The maximum atomic E-state index is 5.95. The summed E-state index contributed by atoms with van der Waals surface area (Å²) in [4.78, 5) is 8.11. The van der Waals surface area contributed by atoms with Crippen molar-refractivity contribution in [3.05, 3.63) is 53.6 Å². The first-order valence-corrected chi connectivity index (χ1v) is 4.97. The van der Waals surface area contributed by atoms with E-state index in [0.717, 1.165) is 11.4 Å². The summed E-state index contributed by atoms with van der Waals surface area (Å²) in [6, 6.07) is 7.65. The van der Waals surface area contributed by atoms with Crippen LogP contribution in [0.15, 0.2) is 42.9 Å². The van der Waals surface area contributed by atoms with Crippen LogP contribution in [0.25, 0.3) is 0 Å². The van der Waals surface area contributed by atoms with E-state index in [9.17, 15) is 0 Å². The molecular formula is C11H10ClN3. The fourth-order valence-electron chi connectivity index (χ4n) is 1.21. The minimum atomic E-state index is 0.619. The van der Waals surface area contributed by atoms with E-state index in [1.807, 2.05) is 24.3 Å². The van der Waals surface area contributed by atoms with Gasteiger partial charge >= 0.3 is 0 Å². The molecule has 76 valence electrons. The lowest BCUT2D eigenvalue weighted by atomic mass is 10.3. The molecule has 0 aliphatic carbocycles. The number of hydrogen-bond acceptors (Lipinski definition) is 3. The van der Waals surface area contributed by atoms with Gasteiger partial charge in [-0.15, -0.1) is 0 Å². The zero-order valence-electron chi connectivity index (χ0n) is 8.02. The van der Waals surface area contributed by atoms with Crippen molar-refractivity contribution in [3.8, 4) is 0 Å². The molecule has 0 aliphatic heterocycles. The van der Waals surface area contributed by atoms with E-state index in [0.29, 0.717) is 11.6 Å². The van der Waals surface area contributed by atoms with Gasteiger partial charge in [-0.3, -0.25) is 9.97 Å². The van der Waals surface area contributed by atoms with E-state index in [4.69, 9.17) is 11.6 Å². The van der Waals surface area contributed by atoms with Crippen LogP contribution in [0, 0.1) is 0 Å². The Morgan fingerprint density at radius 3 is 2.87 bits per heavy atom. The van der Waals surface area contributed by atoms with Gasteiger partial charge in [0.1, 0.15) is 0 Å². The molecule has 0 fully saturated rings. The molecule has 0 radical (unpaired) electrons. The van der Waals surface area contributed by atoms with Gasteiger partial charge in [0.25, 0.3) is 0 Å². The van der Waals surface area contributed by atoms with Gasteiger partial charge in [-0.2, -0.15) is 0 Å². The minimum Gasteiger partial charge on any atom is -0.378 e. The zero-order valence-corrected chi connectivity index (χ0v) is 8.78. The highest BCUT2D eigenvalue weighted by Gasteiger charge is 1.98. The Morgan fingerprint density at radius 1 is 1.20 bits per heavy atom. The zero-order chi connectivity index (χ0) is 10.5. The summed E-state index contributed by atoms with van der Waals surface area (Å²) in [5, 5.41) is 3.81. The SMILES string of the molecule is Clc1cnccc1NCc1ccccn1. The lowest BCUT2D eigenvalue weighted by Crippen LogP contribution is -2.01. The van der Waals surface area contributed by atoms with Gasteiger partial charge in [-0.25, -0.2) is 0 Å². The summed E-state index contributed by atoms with van der Waals surface area (Å²) in [7, 11) is 0. The molecule has 0 saturated heterocycles. The van der Waals surface area contributed by atoms with Crippen LogP contribution in [0.5, 0.6) is 0 Å². The van der Waals surface area contributed by atoms with Crippen LogP contribution in [0.2, 0.25) is 5.02 Å². The lowest BCUT2D eigenvalue weighted by Gasteiger charge is -2.06. The molecule has 0 unspecified atom stereocenters. The number of aromatic nitrogens is 2. The molecule has 2 aromatic heterocycles. The van der Waals surface area contributed by atoms with Gasteiger partial charge in [0.2, 0.25) is 0 Å². The Hall–Kier alpha value is -1.61. The maximum absolute atomic E-state index is 5.95. The topological polar surface area (TPSA) is 37.8 Å². The second-order valence-corrected chi connectivity index (χ2v) is 3.44. The molecule has 2 aromatic rings. The third-order valence-corrected chi connectivity index (χ3v) is 2.26. The Bertz CT molecular complexity index is 431. The van der Waals surface area contributed by atoms with Gasteiger partial charge < -0.3 is 5.32 Å². The third-order valence-electron chi connectivity index (χ3n) is 1.96. The Kier molecular flexibility index (Phi) is 3.15. The van der Waals surface area contributed by atoms with Crippen molar-refractivity contribution in [2.45, 2.75) is 6.54 Å². The number of rotatable bonds is 3. The molecule has 15 heavy (non-hydrogen) atoms. The maximum Gasteiger partial charge on any atom is 0.0820 e. The Morgan fingerprint density at radius 2 is 2.13 bits per heavy atom. The van der Waals surface area contributed by atoms with Crippen LogP contribution in [-0.4, -0.2) is 9.97 Å². The highest BCUT2D eigenvalue weighted by Crippen LogP contribution is 2.19. The molecule has 0 bridgehead atoms. The van der Waals surface area contributed by atoms with Crippen molar-refractivity contribution in [1.29, 1.82) is 0 Å². The van der Waals surface area contributed by atoms with E-state index in [2.05, 4.69) is 15.3 Å². The van der Waals surface area contributed by atoms with E-state index in [1.165, 1.54) is 0 Å². The Balaban J connectivity index is 2.03. The lowest BCUT2D eigenvalue weighted by molar-refractivity contribution is 1.04. The van der Waals surface area contributed by atoms with Crippen LogP contribution in [0.3, 0.4) is 0 Å². The number of pyridine rings is 2. The minimum absolute atomic E-state index is 0.619. The molecule has 0 amide bonds. The summed E-state index contributed by atoms with van der Waals surface area (Å²) < 4.78 is 0. The summed E-state index contributed by atoms with van der Waals surface area (Å²) >= 11 is 5.95. The quantitative estimate of drug-likeness (QED) is 0.863. The highest BCUT2D eigenvalue weighted by molar-refractivity contribution is 6.33. The average molecular weight is 220 g/mol. The van der Waals surface area contributed by atoms with Crippen LogP contribution in [-0.2, 0) is 6.54 Å². The fourth-order valence-corrected chi connectivity index (χ4v) is 1.39. The molecule has 2 rings (SSSR count). The average Bonchev–Trinajstić information content (AvgIpc) is 2.29. The molecule has 1 N–H and O–H groups in total. The van der Waals surface area contributed by atoms with Crippen LogP contribution in [0.1, 0.15) is 5.69 Å². The molecule has 2 heterocycles. The second-order valence-electron chi connectivity index (χ2n) is 3.03. The molecular weight excluding hydrogens is 210 g/mol. The summed E-state index contributed by atoms with van der Waals surface area (Å²) in [5.41, 5.74) is 1.85. The standard InChI is InChI=1S/C11H10ClN3/c12-10-8-13-6-4-11(10)15-7-9-3-1-2-5-14-9/h1-6,8H,7H2,(H,13,15). The van der Waals surface area contributed by atoms with Crippen molar-refractivity contribution in [2.75, 3.05) is 5.32 Å². The molecule has 0 aliphatic rings. The van der Waals surface area contributed by atoms with Crippen molar-refractivity contribution in [2.24, 2.45) is 0 Å². The predicted octanol–water partition coefficient (Wildman–Crippen LogP) is 2.74. The van der Waals surface area contributed by atoms with E-state index < -0.39 is 0 Å². The first-order valence-electron chi connectivity index (χ1n) is 4.59. The fraction of sp³-hybridized carbons (Fsp3) is 0.0909. The van der Waals surface area contributed by atoms with Crippen molar-refractivity contribution in [3.63, 3.8) is 0 Å². The van der Waals surface area contributed by atoms with Crippen molar-refractivity contribution < 1.29 is 0 Å². The normalized spacial score (nSPS) is 9.93. The van der Waals surface area contributed by atoms with E-state index >= 15 is 0 Å². The summed E-state index contributed by atoms with van der Waals surface area (Å²) in [6.45, 7) is 0.657. The molecule has 3 nitrogen and oxygen atoms in total.